The van der Waals surface area contributed by atoms with Gasteiger partial charge in [-0.25, -0.2) is 0 Å². The molecule has 0 saturated carbocycles. The van der Waals surface area contributed by atoms with Crippen molar-refractivity contribution in [2.75, 3.05) is 26.2 Å². The van der Waals surface area contributed by atoms with E-state index in [1.807, 2.05) is 17.5 Å². The smallest absolute Gasteiger partial charge is 0.330 e. The van der Waals surface area contributed by atoms with Gasteiger partial charge in [-0.05, 0) is 22.9 Å². The molecule has 0 unspecified atom stereocenters. The highest BCUT2D eigenvalue weighted by Crippen LogP contribution is 2.26. The Morgan fingerprint density at radius 1 is 1.22 bits per heavy atom. The summed E-state index contributed by atoms with van der Waals surface area (Å²) in [5, 5.41) is 2.80. The van der Waals surface area contributed by atoms with Crippen molar-refractivity contribution in [3.05, 3.63) is 35.2 Å². The van der Waals surface area contributed by atoms with Gasteiger partial charge in [0, 0.05) is 17.8 Å². The average molecular weight is 342 g/mol. The fourth-order valence-electron chi connectivity index (χ4n) is 2.60. The van der Waals surface area contributed by atoms with Gasteiger partial charge in [-0.3, -0.25) is 9.59 Å². The van der Waals surface area contributed by atoms with Crippen molar-refractivity contribution in [2.45, 2.75) is 6.18 Å². The van der Waals surface area contributed by atoms with Crippen molar-refractivity contribution in [3.63, 3.8) is 0 Å². The third-order valence-corrected chi connectivity index (χ3v) is 4.65. The van der Waals surface area contributed by atoms with Crippen LogP contribution in [0, 0.1) is 0 Å². The summed E-state index contributed by atoms with van der Waals surface area (Å²) >= 11 is 1.42. The lowest BCUT2D eigenvalue weighted by atomic mass is 10.1. The summed E-state index contributed by atoms with van der Waals surface area (Å²) in [6.07, 6.45) is -4.43. The lowest BCUT2D eigenvalue weighted by Crippen LogP contribution is -2.54. The van der Waals surface area contributed by atoms with E-state index in [9.17, 15) is 22.8 Å². The molecule has 1 aromatic carbocycles. The third kappa shape index (κ3) is 3.31. The second-order valence-corrected chi connectivity index (χ2v) is 6.22. The Bertz CT molecular complexity index is 757. The van der Waals surface area contributed by atoms with Crippen LogP contribution in [0.5, 0.6) is 0 Å². The summed E-state index contributed by atoms with van der Waals surface area (Å²) in [7, 11) is 0. The first kappa shape index (κ1) is 15.8. The number of nitrogens with zero attached hydrogens (tertiary/aromatic N) is 2. The molecule has 0 spiro atoms. The molecule has 3 rings (SSSR count). The molecule has 4 nitrogen and oxygen atoms in total. The van der Waals surface area contributed by atoms with Crippen LogP contribution < -0.4 is 0 Å². The third-order valence-electron chi connectivity index (χ3n) is 3.69. The quantitative estimate of drug-likeness (QED) is 0.842. The first-order valence-electron chi connectivity index (χ1n) is 6.95. The normalized spacial score (nSPS) is 16.2. The number of rotatable bonds is 2. The Labute approximate surface area is 134 Å². The minimum atomic E-state index is -4.43. The van der Waals surface area contributed by atoms with Gasteiger partial charge in [0.05, 0.1) is 5.56 Å². The second kappa shape index (κ2) is 5.84. The van der Waals surface area contributed by atoms with Gasteiger partial charge in [0.2, 0.25) is 5.91 Å². The summed E-state index contributed by atoms with van der Waals surface area (Å²) in [5.41, 5.74) is 0.481. The molecule has 0 atom stereocenters. The molecule has 0 aliphatic carbocycles. The van der Waals surface area contributed by atoms with E-state index in [2.05, 4.69) is 0 Å². The Morgan fingerprint density at radius 2 is 2.00 bits per heavy atom. The van der Waals surface area contributed by atoms with Crippen LogP contribution in [0.4, 0.5) is 13.2 Å². The van der Waals surface area contributed by atoms with E-state index in [1.165, 1.54) is 16.2 Å². The summed E-state index contributed by atoms with van der Waals surface area (Å²) < 4.78 is 38.0. The molecule has 2 aromatic rings. The predicted molar refractivity (Wildman–Crippen MR) is 80.4 cm³/mol. The first-order chi connectivity index (χ1) is 10.8. The molecule has 122 valence electrons. The van der Waals surface area contributed by atoms with Crippen LogP contribution in [0.2, 0.25) is 0 Å². The number of thiophene rings is 1. The molecule has 2 amide bonds. The van der Waals surface area contributed by atoms with Crippen LogP contribution in [-0.2, 0) is 4.79 Å². The predicted octanol–water partition coefficient (Wildman–Crippen LogP) is 2.75. The zero-order valence-electron chi connectivity index (χ0n) is 12.0. The lowest BCUT2D eigenvalue weighted by molar-refractivity contribution is -0.164. The van der Waals surface area contributed by atoms with Gasteiger partial charge in [-0.15, -0.1) is 11.3 Å². The topological polar surface area (TPSA) is 40.6 Å². The molecule has 1 saturated heterocycles. The van der Waals surface area contributed by atoms with Crippen LogP contribution in [0.3, 0.4) is 0 Å². The van der Waals surface area contributed by atoms with Crippen molar-refractivity contribution in [2.24, 2.45) is 0 Å². The van der Waals surface area contributed by atoms with Gasteiger partial charge in [0.15, 0.2) is 0 Å². The number of alkyl halides is 3. The monoisotopic (exact) mass is 342 g/mol. The van der Waals surface area contributed by atoms with Gasteiger partial charge in [0.1, 0.15) is 13.1 Å². The molecule has 0 radical (unpaired) electrons. The zero-order chi connectivity index (χ0) is 16.6. The van der Waals surface area contributed by atoms with Gasteiger partial charge in [-0.2, -0.15) is 13.2 Å². The van der Waals surface area contributed by atoms with Gasteiger partial charge >= 0.3 is 6.18 Å². The van der Waals surface area contributed by atoms with Crippen LogP contribution in [0.15, 0.2) is 29.6 Å². The van der Waals surface area contributed by atoms with E-state index in [1.54, 1.807) is 12.1 Å². The lowest BCUT2D eigenvalue weighted by Gasteiger charge is -2.34. The molecule has 2 heterocycles. The summed E-state index contributed by atoms with van der Waals surface area (Å²) in [6, 6.07) is 7.20. The molecule has 1 aromatic heterocycles. The number of piperazine rings is 1. The largest absolute Gasteiger partial charge is 0.406 e. The standard InChI is InChI=1S/C15H13F3N2O2S/c16-15(17,18)9-20-6-5-19(8-12(20)21)14(22)11-3-1-2-10-4-7-23-13(10)11/h1-4,7H,5-6,8-9H2. The van der Waals surface area contributed by atoms with Gasteiger partial charge < -0.3 is 9.80 Å². The molecular formula is C15H13F3N2O2S. The Morgan fingerprint density at radius 3 is 2.70 bits per heavy atom. The van der Waals surface area contributed by atoms with E-state index < -0.39 is 18.6 Å². The Kier molecular flexibility index (Phi) is 4.01. The van der Waals surface area contributed by atoms with E-state index in [0.717, 1.165) is 15.0 Å². The van der Waals surface area contributed by atoms with Crippen molar-refractivity contribution in [1.82, 2.24) is 9.80 Å². The summed E-state index contributed by atoms with van der Waals surface area (Å²) in [5.74, 6) is -1.00. The van der Waals surface area contributed by atoms with E-state index in [-0.39, 0.29) is 25.5 Å². The maximum atomic E-state index is 12.6. The van der Waals surface area contributed by atoms with Crippen molar-refractivity contribution < 1.29 is 22.8 Å². The van der Waals surface area contributed by atoms with Crippen LogP contribution in [-0.4, -0.2) is 54.0 Å². The number of carbonyl (C=O) groups excluding carboxylic acids is 2. The number of carbonyl (C=O) groups is 2. The maximum absolute atomic E-state index is 12.6. The first-order valence-corrected chi connectivity index (χ1v) is 7.83. The molecule has 1 aliphatic heterocycles. The van der Waals surface area contributed by atoms with Crippen LogP contribution >= 0.6 is 11.3 Å². The van der Waals surface area contributed by atoms with Crippen LogP contribution in [0.25, 0.3) is 10.1 Å². The maximum Gasteiger partial charge on any atom is 0.406 e. The highest BCUT2D eigenvalue weighted by molar-refractivity contribution is 7.17. The second-order valence-electron chi connectivity index (χ2n) is 5.30. The number of hydrogen-bond donors (Lipinski definition) is 0. The van der Waals surface area contributed by atoms with Gasteiger partial charge in [0.25, 0.3) is 5.91 Å². The number of amides is 2. The summed E-state index contributed by atoms with van der Waals surface area (Å²) in [4.78, 5) is 26.5. The Hall–Kier alpha value is -2.09. The average Bonchev–Trinajstić information content (AvgIpc) is 2.95. The SMILES string of the molecule is O=C1CN(C(=O)c2cccc3ccsc23)CCN1CC(F)(F)F. The number of fused-ring (bicyclic) bond motifs is 1. The molecule has 1 aliphatic rings. The zero-order valence-corrected chi connectivity index (χ0v) is 12.8. The molecule has 1 fully saturated rings. The minimum Gasteiger partial charge on any atom is -0.330 e. The van der Waals surface area contributed by atoms with Crippen molar-refractivity contribution >= 4 is 33.2 Å². The fraction of sp³-hybridized carbons (Fsp3) is 0.333. The number of benzene rings is 1. The highest BCUT2D eigenvalue weighted by atomic mass is 32.1. The van der Waals surface area contributed by atoms with E-state index in [0.29, 0.717) is 5.56 Å². The number of hydrogen-bond acceptors (Lipinski definition) is 3. The Balaban J connectivity index is 1.75. The molecular weight excluding hydrogens is 329 g/mol. The molecule has 23 heavy (non-hydrogen) atoms. The van der Waals surface area contributed by atoms with E-state index >= 15 is 0 Å². The highest BCUT2D eigenvalue weighted by Gasteiger charge is 2.36. The molecule has 8 heteroatoms. The van der Waals surface area contributed by atoms with Crippen LogP contribution in [0.1, 0.15) is 10.4 Å². The van der Waals surface area contributed by atoms with Crippen molar-refractivity contribution in [3.8, 4) is 0 Å². The molecule has 0 N–H and O–H groups in total. The summed E-state index contributed by atoms with van der Waals surface area (Å²) in [6.45, 7) is -1.60. The minimum absolute atomic E-state index is 0.0996. The van der Waals surface area contributed by atoms with E-state index in [4.69, 9.17) is 0 Å². The van der Waals surface area contributed by atoms with Crippen molar-refractivity contribution in [1.29, 1.82) is 0 Å². The molecule has 0 bridgehead atoms. The fourth-order valence-corrected chi connectivity index (χ4v) is 3.50. The number of halogens is 3. The van der Waals surface area contributed by atoms with Gasteiger partial charge in [-0.1, -0.05) is 12.1 Å².